The first-order valence-corrected chi connectivity index (χ1v) is 9.87. The number of hydrogen-bond acceptors (Lipinski definition) is 4. The number of nitrogens with one attached hydrogen (secondary N) is 1. The van der Waals surface area contributed by atoms with Crippen LogP contribution in [0.3, 0.4) is 0 Å². The molecule has 0 bridgehead atoms. The first-order valence-electron chi connectivity index (χ1n) is 9.49. The van der Waals surface area contributed by atoms with Crippen molar-refractivity contribution in [3.8, 4) is 5.75 Å². The average Bonchev–Trinajstić information content (AvgIpc) is 2.65. The van der Waals surface area contributed by atoms with Crippen LogP contribution in [0.2, 0.25) is 5.02 Å². The molecule has 160 valence electrons. The molecule has 1 heterocycles. The van der Waals surface area contributed by atoms with Crippen molar-refractivity contribution >= 4 is 23.5 Å². The second-order valence-electron chi connectivity index (χ2n) is 7.68. The predicted octanol–water partition coefficient (Wildman–Crippen LogP) is 4.43. The Morgan fingerprint density at radius 3 is 2.67 bits per heavy atom. The van der Waals surface area contributed by atoms with Crippen LogP contribution in [0.5, 0.6) is 5.75 Å². The van der Waals surface area contributed by atoms with Crippen molar-refractivity contribution in [1.29, 1.82) is 0 Å². The molecule has 0 unspecified atom stereocenters. The van der Waals surface area contributed by atoms with Crippen LogP contribution in [-0.4, -0.2) is 29.1 Å². The van der Waals surface area contributed by atoms with Crippen LogP contribution in [0.15, 0.2) is 42.5 Å². The fourth-order valence-corrected chi connectivity index (χ4v) is 4.05. The number of rotatable bonds is 6. The van der Waals surface area contributed by atoms with Crippen LogP contribution in [0.4, 0.5) is 4.39 Å². The molecule has 1 amide bonds. The van der Waals surface area contributed by atoms with Gasteiger partial charge in [0.1, 0.15) is 11.6 Å². The van der Waals surface area contributed by atoms with Crippen molar-refractivity contribution in [3.63, 3.8) is 0 Å². The number of amides is 1. The van der Waals surface area contributed by atoms with Crippen molar-refractivity contribution in [3.05, 3.63) is 64.4 Å². The molecule has 1 fully saturated rings. The molecule has 3 rings (SSSR count). The van der Waals surface area contributed by atoms with E-state index in [0.717, 1.165) is 11.6 Å². The van der Waals surface area contributed by atoms with Crippen molar-refractivity contribution in [1.82, 2.24) is 5.32 Å². The maximum atomic E-state index is 13.8. The molecule has 1 saturated heterocycles. The topological polar surface area (TPSA) is 84.9 Å². The minimum Gasteiger partial charge on any atom is -0.481 e. The normalized spacial score (nSPS) is 23.6. The summed E-state index contributed by atoms with van der Waals surface area (Å²) < 4.78 is 25.4. The number of carboxylic acid groups (broad SMARTS) is 1. The lowest BCUT2D eigenvalue weighted by Crippen LogP contribution is -2.50. The van der Waals surface area contributed by atoms with E-state index in [1.54, 1.807) is 12.1 Å². The fraction of sp³-hybridized carbons (Fsp3) is 0.364. The quantitative estimate of drug-likeness (QED) is 0.701. The third-order valence-corrected chi connectivity index (χ3v) is 5.21. The molecule has 0 aromatic heterocycles. The number of hydrogen-bond donors (Lipinski definition) is 2. The number of benzene rings is 2. The number of aliphatic carboxylic acids is 1. The highest BCUT2D eigenvalue weighted by atomic mass is 35.5. The summed E-state index contributed by atoms with van der Waals surface area (Å²) in [4.78, 5) is 22.8. The van der Waals surface area contributed by atoms with E-state index in [2.05, 4.69) is 5.32 Å². The molecule has 0 radical (unpaired) electrons. The standard InChI is InChI=1S/C22H23ClFNO5/c1-13(26)25-22(2)10-19(14-4-3-5-15(23)8-14)30-20(11-22)17-7-6-16(24)9-18(17)29-12-21(27)28/h3-9,19-20H,10-12H2,1-2H3,(H,25,26)(H,27,28)/t19-,20+,22+/m0/s1. The third-order valence-electron chi connectivity index (χ3n) is 4.97. The van der Waals surface area contributed by atoms with Crippen LogP contribution in [0.1, 0.15) is 50.0 Å². The minimum atomic E-state index is -1.17. The second-order valence-corrected chi connectivity index (χ2v) is 8.12. The van der Waals surface area contributed by atoms with Crippen molar-refractivity contribution < 1.29 is 28.6 Å². The zero-order valence-electron chi connectivity index (χ0n) is 16.7. The van der Waals surface area contributed by atoms with Gasteiger partial charge in [0, 0.05) is 42.0 Å². The van der Waals surface area contributed by atoms with Crippen molar-refractivity contribution in [2.24, 2.45) is 0 Å². The number of halogens is 2. The van der Waals surface area contributed by atoms with Gasteiger partial charge < -0.3 is 19.9 Å². The molecule has 8 heteroatoms. The largest absolute Gasteiger partial charge is 0.481 e. The first kappa shape index (κ1) is 22.1. The fourth-order valence-electron chi connectivity index (χ4n) is 3.85. The number of carbonyl (C=O) groups is 2. The number of carbonyl (C=O) groups excluding carboxylic acids is 1. The van der Waals surface area contributed by atoms with E-state index in [-0.39, 0.29) is 11.7 Å². The predicted molar refractivity (Wildman–Crippen MR) is 109 cm³/mol. The highest BCUT2D eigenvalue weighted by Gasteiger charge is 2.40. The molecule has 1 aliphatic rings. The molecule has 30 heavy (non-hydrogen) atoms. The summed E-state index contributed by atoms with van der Waals surface area (Å²) in [5, 5.41) is 12.5. The van der Waals surface area contributed by atoms with Gasteiger partial charge in [-0.05, 0) is 36.8 Å². The summed E-state index contributed by atoms with van der Waals surface area (Å²) in [7, 11) is 0. The second kappa shape index (κ2) is 9.02. The number of ether oxygens (including phenoxy) is 2. The summed E-state index contributed by atoms with van der Waals surface area (Å²) in [6.07, 6.45) is -0.0464. The molecule has 2 N–H and O–H groups in total. The Morgan fingerprint density at radius 2 is 2.00 bits per heavy atom. The van der Waals surface area contributed by atoms with E-state index in [0.29, 0.717) is 23.4 Å². The number of carboxylic acids is 1. The van der Waals surface area contributed by atoms with E-state index in [4.69, 9.17) is 26.2 Å². The summed E-state index contributed by atoms with van der Waals surface area (Å²) in [6.45, 7) is 2.76. The van der Waals surface area contributed by atoms with E-state index in [1.165, 1.54) is 19.1 Å². The Bertz CT molecular complexity index is 953. The van der Waals surface area contributed by atoms with Crippen LogP contribution in [0, 0.1) is 5.82 Å². The van der Waals surface area contributed by atoms with Crippen LogP contribution < -0.4 is 10.1 Å². The third kappa shape index (κ3) is 5.49. The highest BCUT2D eigenvalue weighted by Crippen LogP contribution is 2.46. The molecule has 2 aromatic carbocycles. The lowest BCUT2D eigenvalue weighted by molar-refractivity contribution is -0.139. The molecular formula is C22H23ClFNO5. The summed E-state index contributed by atoms with van der Waals surface area (Å²) in [5.41, 5.74) is 0.750. The zero-order chi connectivity index (χ0) is 21.9. The van der Waals surface area contributed by atoms with Gasteiger partial charge in [0.05, 0.1) is 12.2 Å². The van der Waals surface area contributed by atoms with Crippen molar-refractivity contribution in [2.75, 3.05) is 6.61 Å². The van der Waals surface area contributed by atoms with E-state index >= 15 is 0 Å². The Morgan fingerprint density at radius 1 is 1.27 bits per heavy atom. The maximum Gasteiger partial charge on any atom is 0.341 e. The van der Waals surface area contributed by atoms with Crippen LogP contribution >= 0.6 is 11.6 Å². The van der Waals surface area contributed by atoms with Gasteiger partial charge in [-0.3, -0.25) is 4.79 Å². The SMILES string of the molecule is CC(=O)N[C@]1(C)C[C@@H](c2cccc(Cl)c2)O[C@@H](c2ccc(F)cc2OCC(=O)O)C1. The summed E-state index contributed by atoms with van der Waals surface area (Å²) in [5.74, 6) is -1.80. The molecular weight excluding hydrogens is 413 g/mol. The lowest BCUT2D eigenvalue weighted by atomic mass is 9.81. The zero-order valence-corrected chi connectivity index (χ0v) is 17.4. The average molecular weight is 436 g/mol. The Balaban J connectivity index is 1.98. The molecule has 1 aliphatic heterocycles. The lowest BCUT2D eigenvalue weighted by Gasteiger charge is -2.43. The van der Waals surface area contributed by atoms with E-state index in [1.807, 2.05) is 19.1 Å². The minimum absolute atomic E-state index is 0.0966. The van der Waals surface area contributed by atoms with Gasteiger partial charge in [0.25, 0.3) is 0 Å². The molecule has 0 aliphatic carbocycles. The van der Waals surface area contributed by atoms with E-state index in [9.17, 15) is 14.0 Å². The van der Waals surface area contributed by atoms with E-state index < -0.39 is 36.1 Å². The van der Waals surface area contributed by atoms with Crippen molar-refractivity contribution in [2.45, 2.75) is 44.4 Å². The summed E-state index contributed by atoms with van der Waals surface area (Å²) in [6, 6.07) is 11.2. The highest BCUT2D eigenvalue weighted by molar-refractivity contribution is 6.30. The van der Waals surface area contributed by atoms with Gasteiger partial charge in [-0.25, -0.2) is 9.18 Å². The Hall–Kier alpha value is -2.64. The van der Waals surface area contributed by atoms with Gasteiger partial charge in [0.2, 0.25) is 5.91 Å². The van der Waals surface area contributed by atoms with Crippen LogP contribution in [0.25, 0.3) is 0 Å². The molecule has 6 nitrogen and oxygen atoms in total. The van der Waals surface area contributed by atoms with Gasteiger partial charge in [0.15, 0.2) is 6.61 Å². The molecule has 0 saturated carbocycles. The van der Waals surface area contributed by atoms with Gasteiger partial charge in [-0.15, -0.1) is 0 Å². The monoisotopic (exact) mass is 435 g/mol. The van der Waals surface area contributed by atoms with Crippen LogP contribution in [-0.2, 0) is 14.3 Å². The Kier molecular flexibility index (Phi) is 6.63. The molecule has 3 atom stereocenters. The van der Waals surface area contributed by atoms with Gasteiger partial charge in [-0.1, -0.05) is 23.7 Å². The van der Waals surface area contributed by atoms with Gasteiger partial charge >= 0.3 is 5.97 Å². The maximum absolute atomic E-state index is 13.8. The Labute approximate surface area is 178 Å². The van der Waals surface area contributed by atoms with Gasteiger partial charge in [-0.2, -0.15) is 0 Å². The first-order chi connectivity index (χ1) is 14.1. The smallest absolute Gasteiger partial charge is 0.341 e. The molecule has 2 aromatic rings. The molecule has 0 spiro atoms. The summed E-state index contributed by atoms with van der Waals surface area (Å²) >= 11 is 6.14.